The lowest BCUT2D eigenvalue weighted by molar-refractivity contribution is 0.341. The average molecular weight is 304 g/mol. The van der Waals surface area contributed by atoms with E-state index in [1.807, 2.05) is 30.3 Å². The Hall–Kier alpha value is -0.550. The highest BCUT2D eigenvalue weighted by Crippen LogP contribution is 2.13. The Morgan fingerprint density at radius 2 is 2.07 bits per heavy atom. The van der Waals surface area contributed by atoms with E-state index in [9.17, 15) is 0 Å². The van der Waals surface area contributed by atoms with Crippen molar-refractivity contribution in [1.82, 2.24) is 0 Å². The first-order valence-corrected chi connectivity index (χ1v) is 5.42. The van der Waals surface area contributed by atoms with Crippen LogP contribution in [-0.2, 0) is 6.42 Å². The predicted octanol–water partition coefficient (Wildman–Crippen LogP) is 2.55. The molecular weight excluding hydrogens is 291 g/mol. The fourth-order valence-corrected chi connectivity index (χ4v) is 1.27. The van der Waals surface area contributed by atoms with Crippen LogP contribution in [0.2, 0.25) is 0 Å². The highest BCUT2D eigenvalue weighted by Gasteiger charge is 1.93. The Morgan fingerprint density at radius 1 is 1.43 bits per heavy atom. The number of aliphatic hydroxyl groups excluding tert-OH is 1. The second kappa shape index (κ2) is 6.03. The molecule has 0 bridgehead atoms. The van der Waals surface area contributed by atoms with Crippen molar-refractivity contribution >= 4 is 22.6 Å². The number of benzene rings is 1. The minimum absolute atomic E-state index is 0.122. The molecule has 0 amide bonds. The zero-order valence-corrected chi connectivity index (χ0v) is 10.2. The number of allylic oxidation sites excluding steroid dienone is 1. The molecule has 76 valence electrons. The molecule has 0 spiro atoms. The van der Waals surface area contributed by atoms with E-state index in [4.69, 9.17) is 9.84 Å². The van der Waals surface area contributed by atoms with Gasteiger partial charge in [-0.25, -0.2) is 0 Å². The van der Waals surface area contributed by atoms with Gasteiger partial charge in [-0.05, 0) is 46.7 Å². The summed E-state index contributed by atoms with van der Waals surface area (Å²) in [5, 5.41) is 8.80. The van der Waals surface area contributed by atoms with Gasteiger partial charge >= 0.3 is 0 Å². The summed E-state index contributed by atoms with van der Waals surface area (Å²) in [5.74, 6) is 0.870. The van der Waals surface area contributed by atoms with Crippen LogP contribution >= 0.6 is 22.6 Å². The summed E-state index contributed by atoms with van der Waals surface area (Å²) in [7, 11) is 1.66. The summed E-state index contributed by atoms with van der Waals surface area (Å²) in [4.78, 5) is 0. The van der Waals surface area contributed by atoms with Crippen molar-refractivity contribution in [1.29, 1.82) is 0 Å². The summed E-state index contributed by atoms with van der Waals surface area (Å²) in [5.41, 5.74) is 1.22. The molecule has 0 unspecified atom stereocenters. The van der Waals surface area contributed by atoms with E-state index in [1.54, 1.807) is 7.11 Å². The Kier molecular flexibility index (Phi) is 4.97. The van der Waals surface area contributed by atoms with Gasteiger partial charge in [-0.15, -0.1) is 0 Å². The Morgan fingerprint density at radius 3 is 2.57 bits per heavy atom. The normalized spacial score (nSPS) is 11.5. The molecule has 0 aliphatic carbocycles. The third kappa shape index (κ3) is 3.67. The third-order valence-corrected chi connectivity index (χ3v) is 2.65. The van der Waals surface area contributed by atoms with Gasteiger partial charge in [0, 0.05) is 3.58 Å². The Labute approximate surface area is 97.7 Å². The maximum absolute atomic E-state index is 8.80. The van der Waals surface area contributed by atoms with Gasteiger partial charge < -0.3 is 9.84 Å². The number of ether oxygens (including phenoxy) is 1. The molecule has 1 aromatic carbocycles. The zero-order valence-electron chi connectivity index (χ0n) is 8.03. The zero-order chi connectivity index (χ0) is 10.4. The first-order valence-electron chi connectivity index (χ1n) is 4.34. The summed E-state index contributed by atoms with van der Waals surface area (Å²) < 4.78 is 6.03. The molecule has 1 N–H and O–H groups in total. The van der Waals surface area contributed by atoms with Gasteiger partial charge in [0.25, 0.3) is 0 Å². The van der Waals surface area contributed by atoms with Crippen molar-refractivity contribution in [2.45, 2.75) is 6.42 Å². The molecule has 0 radical (unpaired) electrons. The Balaban J connectivity index is 2.60. The smallest absolute Gasteiger partial charge is 0.118 e. The molecule has 0 heterocycles. The molecule has 1 rings (SSSR count). The summed E-state index contributed by atoms with van der Waals surface area (Å²) in [6, 6.07) is 7.93. The number of hydrogen-bond donors (Lipinski definition) is 1. The van der Waals surface area contributed by atoms with E-state index in [0.29, 0.717) is 0 Å². The van der Waals surface area contributed by atoms with Crippen LogP contribution in [0.4, 0.5) is 0 Å². The quantitative estimate of drug-likeness (QED) is 0.866. The third-order valence-electron chi connectivity index (χ3n) is 1.87. The van der Waals surface area contributed by atoms with Gasteiger partial charge in [0.1, 0.15) is 5.75 Å². The fraction of sp³-hybridized carbons (Fsp3) is 0.273. The van der Waals surface area contributed by atoms with Crippen molar-refractivity contribution in [3.8, 4) is 5.75 Å². The van der Waals surface area contributed by atoms with Crippen molar-refractivity contribution in [2.24, 2.45) is 0 Å². The van der Waals surface area contributed by atoms with Gasteiger partial charge in [-0.3, -0.25) is 0 Å². The Bertz CT molecular complexity index is 304. The highest BCUT2D eigenvalue weighted by molar-refractivity contribution is 14.1. The molecule has 0 saturated heterocycles. The summed E-state index contributed by atoms with van der Waals surface area (Å²) in [6.45, 7) is 0.122. The van der Waals surface area contributed by atoms with E-state index >= 15 is 0 Å². The van der Waals surface area contributed by atoms with Crippen LogP contribution in [0.1, 0.15) is 5.56 Å². The lowest BCUT2D eigenvalue weighted by Crippen LogP contribution is -1.86. The molecule has 2 nitrogen and oxygen atoms in total. The first-order chi connectivity index (χ1) is 6.76. The molecular formula is C11H13IO2. The molecule has 1 aromatic rings. The minimum Gasteiger partial charge on any atom is -0.497 e. The fourth-order valence-electron chi connectivity index (χ4n) is 1.05. The standard InChI is InChI=1S/C11H13IO2/c1-14-11-6-3-9(4-7-11)2-5-10(12)8-13/h3-7,13H,2,8H2,1H3/b10-5-. The van der Waals surface area contributed by atoms with Crippen LogP contribution in [0.5, 0.6) is 5.75 Å². The lowest BCUT2D eigenvalue weighted by Gasteiger charge is -2.01. The maximum Gasteiger partial charge on any atom is 0.118 e. The molecule has 3 heteroatoms. The number of methoxy groups -OCH3 is 1. The molecule has 0 aliphatic rings. The van der Waals surface area contributed by atoms with E-state index in [0.717, 1.165) is 15.8 Å². The van der Waals surface area contributed by atoms with Crippen molar-refractivity contribution in [3.63, 3.8) is 0 Å². The van der Waals surface area contributed by atoms with Crippen molar-refractivity contribution in [3.05, 3.63) is 39.5 Å². The lowest BCUT2D eigenvalue weighted by atomic mass is 10.1. The minimum atomic E-state index is 0.122. The van der Waals surface area contributed by atoms with Crippen LogP contribution in [0.3, 0.4) is 0 Å². The topological polar surface area (TPSA) is 29.5 Å². The van der Waals surface area contributed by atoms with Crippen LogP contribution in [0, 0.1) is 0 Å². The van der Waals surface area contributed by atoms with Gasteiger partial charge in [-0.2, -0.15) is 0 Å². The maximum atomic E-state index is 8.80. The SMILES string of the molecule is COc1ccc(C/C=C(\I)CO)cc1. The van der Waals surface area contributed by atoms with E-state index in [2.05, 4.69) is 22.6 Å². The summed E-state index contributed by atoms with van der Waals surface area (Å²) >= 11 is 2.13. The first kappa shape index (κ1) is 11.5. The van der Waals surface area contributed by atoms with Crippen LogP contribution in [-0.4, -0.2) is 18.8 Å². The van der Waals surface area contributed by atoms with Crippen molar-refractivity contribution < 1.29 is 9.84 Å². The van der Waals surface area contributed by atoms with Gasteiger partial charge in [0.2, 0.25) is 0 Å². The van der Waals surface area contributed by atoms with Crippen LogP contribution < -0.4 is 4.74 Å². The van der Waals surface area contributed by atoms with E-state index < -0.39 is 0 Å². The molecule has 0 aromatic heterocycles. The van der Waals surface area contributed by atoms with E-state index in [-0.39, 0.29) is 6.61 Å². The number of halogens is 1. The van der Waals surface area contributed by atoms with Gasteiger partial charge in [0.15, 0.2) is 0 Å². The number of rotatable bonds is 4. The van der Waals surface area contributed by atoms with Gasteiger partial charge in [-0.1, -0.05) is 18.2 Å². The monoisotopic (exact) mass is 304 g/mol. The van der Waals surface area contributed by atoms with Crippen LogP contribution in [0.15, 0.2) is 33.9 Å². The number of aliphatic hydroxyl groups is 1. The number of hydrogen-bond acceptors (Lipinski definition) is 2. The van der Waals surface area contributed by atoms with Crippen LogP contribution in [0.25, 0.3) is 0 Å². The molecule has 0 atom stereocenters. The second-order valence-electron chi connectivity index (χ2n) is 2.86. The predicted molar refractivity (Wildman–Crippen MR) is 65.9 cm³/mol. The van der Waals surface area contributed by atoms with E-state index in [1.165, 1.54) is 5.56 Å². The highest BCUT2D eigenvalue weighted by atomic mass is 127. The largest absolute Gasteiger partial charge is 0.497 e. The molecule has 0 fully saturated rings. The molecule has 0 saturated carbocycles. The second-order valence-corrected chi connectivity index (χ2v) is 4.25. The van der Waals surface area contributed by atoms with Gasteiger partial charge in [0.05, 0.1) is 13.7 Å². The summed E-state index contributed by atoms with van der Waals surface area (Å²) in [6.07, 6.45) is 2.87. The average Bonchev–Trinajstić information content (AvgIpc) is 2.26. The van der Waals surface area contributed by atoms with Crippen molar-refractivity contribution in [2.75, 3.05) is 13.7 Å². The molecule has 0 aliphatic heterocycles. The molecule has 14 heavy (non-hydrogen) atoms.